The Balaban J connectivity index is 4.16. The molecule has 7 nitrogen and oxygen atoms in total. The average molecular weight is 358 g/mol. The number of alkyl halides is 1. The maximum absolute atomic E-state index is 11.5. The topological polar surface area (TPSA) is 116 Å². The fourth-order valence-electron chi connectivity index (χ4n) is 1.08. The highest BCUT2D eigenvalue weighted by atomic mass is 127. The van der Waals surface area contributed by atoms with E-state index >= 15 is 0 Å². The first kappa shape index (κ1) is 16.1. The monoisotopic (exact) mass is 358 g/mol. The second kappa shape index (κ2) is 9.16. The molecular weight excluding hydrogens is 343 g/mol. The molecule has 0 aliphatic heterocycles. The number of hydrogen-bond acceptors (Lipinski definition) is 4. The van der Waals surface area contributed by atoms with Crippen molar-refractivity contribution in [3.05, 3.63) is 0 Å². The number of carboxylic acids is 2. The summed E-state index contributed by atoms with van der Waals surface area (Å²) in [7, 11) is 0. The lowest BCUT2D eigenvalue weighted by Crippen LogP contribution is -2.46. The van der Waals surface area contributed by atoms with Gasteiger partial charge in [-0.2, -0.15) is 0 Å². The van der Waals surface area contributed by atoms with Crippen LogP contribution in [0.5, 0.6) is 0 Å². The zero-order valence-corrected chi connectivity index (χ0v) is 11.3. The molecule has 0 aromatic heterocycles. The van der Waals surface area contributed by atoms with Crippen molar-refractivity contribution in [2.24, 2.45) is 0 Å². The summed E-state index contributed by atoms with van der Waals surface area (Å²) in [5, 5.41) is 22.2. The van der Waals surface area contributed by atoms with Crippen LogP contribution in [0.15, 0.2) is 0 Å². The summed E-state index contributed by atoms with van der Waals surface area (Å²) in [5.74, 6) is -2.53. The molecule has 0 bridgehead atoms. The van der Waals surface area contributed by atoms with E-state index in [9.17, 15) is 14.4 Å². The third-order valence-electron chi connectivity index (χ3n) is 1.82. The van der Waals surface area contributed by atoms with Crippen LogP contribution >= 0.6 is 22.6 Å². The summed E-state index contributed by atoms with van der Waals surface area (Å²) >= 11 is 2.08. The van der Waals surface area contributed by atoms with E-state index in [1.165, 1.54) is 0 Å². The Bertz CT molecular complexity index is 285. The first-order chi connectivity index (χ1) is 7.97. The number of hydrogen-bond donors (Lipinski definition) is 4. The lowest BCUT2D eigenvalue weighted by Gasteiger charge is -2.15. The molecule has 98 valence electrons. The largest absolute Gasteiger partial charge is 0.481 e. The lowest BCUT2D eigenvalue weighted by molar-refractivity contribution is -0.140. The molecular formula is C9H15IN2O5. The van der Waals surface area contributed by atoms with Crippen LogP contribution in [-0.4, -0.2) is 51.6 Å². The average Bonchev–Trinajstić information content (AvgIpc) is 2.23. The molecule has 8 heteroatoms. The highest BCUT2D eigenvalue weighted by Crippen LogP contribution is 1.94. The first-order valence-corrected chi connectivity index (χ1v) is 6.50. The van der Waals surface area contributed by atoms with Crippen LogP contribution in [0.3, 0.4) is 0 Å². The number of rotatable bonds is 9. The van der Waals surface area contributed by atoms with Gasteiger partial charge in [-0.05, 0) is 0 Å². The van der Waals surface area contributed by atoms with E-state index in [4.69, 9.17) is 10.2 Å². The van der Waals surface area contributed by atoms with E-state index in [1.807, 2.05) is 0 Å². The van der Waals surface area contributed by atoms with E-state index in [1.54, 1.807) is 0 Å². The molecule has 0 aliphatic rings. The smallest absolute Gasteiger partial charge is 0.305 e. The van der Waals surface area contributed by atoms with Gasteiger partial charge in [-0.25, -0.2) is 0 Å². The predicted octanol–water partition coefficient (Wildman–Crippen LogP) is -0.555. The maximum atomic E-state index is 11.5. The molecule has 0 aliphatic carbocycles. The summed E-state index contributed by atoms with van der Waals surface area (Å²) < 4.78 is 0.721. The summed E-state index contributed by atoms with van der Waals surface area (Å²) in [5.41, 5.74) is 0. The fraction of sp³-hybridized carbons (Fsp3) is 0.667. The molecule has 0 saturated carbocycles. The van der Waals surface area contributed by atoms with Crippen molar-refractivity contribution in [1.29, 1.82) is 0 Å². The van der Waals surface area contributed by atoms with E-state index in [-0.39, 0.29) is 19.4 Å². The van der Waals surface area contributed by atoms with Crippen molar-refractivity contribution in [3.8, 4) is 0 Å². The molecule has 0 saturated heterocycles. The van der Waals surface area contributed by atoms with Crippen LogP contribution in [0.2, 0.25) is 0 Å². The normalized spacial score (nSPS) is 11.8. The Labute approximate surface area is 112 Å². The quantitative estimate of drug-likeness (QED) is 0.325. The number of aliphatic carboxylic acids is 2. The molecule has 0 aromatic rings. The Morgan fingerprint density at radius 2 is 1.76 bits per heavy atom. The predicted molar refractivity (Wildman–Crippen MR) is 68.2 cm³/mol. The van der Waals surface area contributed by atoms with Crippen molar-refractivity contribution in [3.63, 3.8) is 0 Å². The molecule has 0 radical (unpaired) electrons. The molecule has 1 amide bonds. The molecule has 0 spiro atoms. The lowest BCUT2D eigenvalue weighted by atomic mass is 10.2. The summed E-state index contributed by atoms with van der Waals surface area (Å²) in [6, 6.07) is -0.894. The van der Waals surface area contributed by atoms with E-state index in [0.717, 1.165) is 4.43 Å². The molecule has 0 heterocycles. The van der Waals surface area contributed by atoms with Gasteiger partial charge in [0.05, 0.1) is 18.9 Å². The van der Waals surface area contributed by atoms with Crippen molar-refractivity contribution >= 4 is 40.4 Å². The minimum atomic E-state index is -1.11. The standard InChI is InChI=1S/C9H15IN2O5/c10-2-4-12-9(17)6(5-8(15)16)11-3-1-7(13)14/h6,11H,1-5H2,(H,12,17)(H,13,14)(H,15,16). The van der Waals surface area contributed by atoms with Crippen LogP contribution in [0.25, 0.3) is 0 Å². The van der Waals surface area contributed by atoms with Gasteiger partial charge in [0, 0.05) is 17.5 Å². The van der Waals surface area contributed by atoms with Gasteiger partial charge in [0.25, 0.3) is 0 Å². The minimum Gasteiger partial charge on any atom is -0.481 e. The number of carboxylic acid groups (broad SMARTS) is 2. The van der Waals surface area contributed by atoms with Gasteiger partial charge < -0.3 is 20.8 Å². The van der Waals surface area contributed by atoms with Gasteiger partial charge in [-0.3, -0.25) is 14.4 Å². The van der Waals surface area contributed by atoms with E-state index in [0.29, 0.717) is 6.54 Å². The number of halogens is 1. The third-order valence-corrected chi connectivity index (χ3v) is 2.36. The van der Waals surface area contributed by atoms with E-state index < -0.39 is 23.9 Å². The summed E-state index contributed by atoms with van der Waals surface area (Å²) in [4.78, 5) is 32.4. The number of carbonyl (C=O) groups is 3. The van der Waals surface area contributed by atoms with Crippen molar-refractivity contribution in [2.75, 3.05) is 17.5 Å². The fourth-order valence-corrected chi connectivity index (χ4v) is 1.35. The molecule has 0 aromatic carbocycles. The Kier molecular flexibility index (Phi) is 8.68. The minimum absolute atomic E-state index is 0.0605. The van der Waals surface area contributed by atoms with Crippen molar-refractivity contribution in [1.82, 2.24) is 10.6 Å². The van der Waals surface area contributed by atoms with Crippen LogP contribution in [-0.2, 0) is 14.4 Å². The van der Waals surface area contributed by atoms with E-state index in [2.05, 4.69) is 33.2 Å². The maximum Gasteiger partial charge on any atom is 0.305 e. The van der Waals surface area contributed by atoms with Gasteiger partial charge in [0.15, 0.2) is 0 Å². The van der Waals surface area contributed by atoms with Crippen LogP contribution in [0.4, 0.5) is 0 Å². The third kappa shape index (κ3) is 8.86. The van der Waals surface area contributed by atoms with Crippen molar-refractivity contribution in [2.45, 2.75) is 18.9 Å². The second-order valence-electron chi connectivity index (χ2n) is 3.23. The SMILES string of the molecule is O=C(O)CCNC(CC(=O)O)C(=O)NCCI. The van der Waals surface area contributed by atoms with Gasteiger partial charge in [0.2, 0.25) is 5.91 Å². The highest BCUT2D eigenvalue weighted by molar-refractivity contribution is 14.1. The van der Waals surface area contributed by atoms with Gasteiger partial charge in [0.1, 0.15) is 0 Å². The summed E-state index contributed by atoms with van der Waals surface area (Å²) in [6.45, 7) is 0.515. The Morgan fingerprint density at radius 3 is 2.24 bits per heavy atom. The molecule has 0 rings (SSSR count). The zero-order chi connectivity index (χ0) is 13.3. The zero-order valence-electron chi connectivity index (χ0n) is 9.11. The molecule has 1 unspecified atom stereocenters. The van der Waals surface area contributed by atoms with Crippen molar-refractivity contribution < 1.29 is 24.6 Å². The Morgan fingerprint density at radius 1 is 1.12 bits per heavy atom. The number of carbonyl (C=O) groups excluding carboxylic acids is 1. The molecule has 1 atom stereocenters. The van der Waals surface area contributed by atoms with Gasteiger partial charge in [-0.1, -0.05) is 22.6 Å². The Hall–Kier alpha value is -0.900. The molecule has 4 N–H and O–H groups in total. The highest BCUT2D eigenvalue weighted by Gasteiger charge is 2.20. The van der Waals surface area contributed by atoms with Gasteiger partial charge >= 0.3 is 11.9 Å². The second-order valence-corrected chi connectivity index (χ2v) is 4.31. The van der Waals surface area contributed by atoms with Gasteiger partial charge in [-0.15, -0.1) is 0 Å². The number of amides is 1. The van der Waals surface area contributed by atoms with Crippen LogP contribution < -0.4 is 10.6 Å². The summed E-state index contributed by atoms with van der Waals surface area (Å²) in [6.07, 6.45) is -0.525. The number of nitrogens with one attached hydrogen (secondary N) is 2. The molecule has 0 fully saturated rings. The first-order valence-electron chi connectivity index (χ1n) is 4.98. The van der Waals surface area contributed by atoms with Crippen LogP contribution in [0, 0.1) is 0 Å². The molecule has 17 heavy (non-hydrogen) atoms. The van der Waals surface area contributed by atoms with Crippen LogP contribution in [0.1, 0.15) is 12.8 Å².